The number of para-hydroxylation sites is 1. The van der Waals surface area contributed by atoms with Crippen LogP contribution in [-0.4, -0.2) is 22.1 Å². The second kappa shape index (κ2) is 5.63. The van der Waals surface area contributed by atoms with Gasteiger partial charge in [0.25, 0.3) is 0 Å². The molecule has 0 fully saturated rings. The summed E-state index contributed by atoms with van der Waals surface area (Å²) in [5.41, 5.74) is 0.530. The molecule has 1 aromatic heterocycles. The minimum atomic E-state index is -1.05. The van der Waals surface area contributed by atoms with E-state index in [1.165, 1.54) is 7.11 Å². The monoisotopic (exact) mass is 281 g/mol. The van der Waals surface area contributed by atoms with Gasteiger partial charge in [0.15, 0.2) is 11.4 Å². The molecule has 8 heteroatoms. The fourth-order valence-corrected chi connectivity index (χ4v) is 2.16. The quantitative estimate of drug-likeness (QED) is 0.495. The van der Waals surface area contributed by atoms with E-state index < -0.39 is 11.2 Å². The SMILES string of the molecule is COc1ccccc1C(O)Nc1ncc([N+](=O)[O-])s1. The number of benzene rings is 1. The Morgan fingerprint density at radius 3 is 2.89 bits per heavy atom. The highest BCUT2D eigenvalue weighted by atomic mass is 32.1. The van der Waals surface area contributed by atoms with E-state index >= 15 is 0 Å². The first-order valence-corrected chi connectivity index (χ1v) is 6.11. The number of aromatic nitrogens is 1. The zero-order valence-corrected chi connectivity index (χ0v) is 10.8. The number of methoxy groups -OCH3 is 1. The van der Waals surface area contributed by atoms with E-state index in [0.29, 0.717) is 11.3 Å². The van der Waals surface area contributed by atoms with Gasteiger partial charge in [0.1, 0.15) is 11.9 Å². The minimum absolute atomic E-state index is 0.0882. The second-order valence-electron chi connectivity index (χ2n) is 3.55. The number of nitro groups is 1. The summed E-state index contributed by atoms with van der Waals surface area (Å²) in [4.78, 5) is 13.8. The molecule has 0 bridgehead atoms. The van der Waals surface area contributed by atoms with Gasteiger partial charge in [-0.3, -0.25) is 10.1 Å². The average Bonchev–Trinajstić information content (AvgIpc) is 2.87. The van der Waals surface area contributed by atoms with Crippen molar-refractivity contribution in [1.29, 1.82) is 0 Å². The molecule has 0 saturated carbocycles. The smallest absolute Gasteiger partial charge is 0.345 e. The van der Waals surface area contributed by atoms with Crippen LogP contribution in [0.25, 0.3) is 0 Å². The van der Waals surface area contributed by atoms with E-state index in [9.17, 15) is 15.2 Å². The van der Waals surface area contributed by atoms with Crippen molar-refractivity contribution < 1.29 is 14.8 Å². The number of nitrogens with zero attached hydrogens (tertiary/aromatic N) is 2. The number of nitrogens with one attached hydrogen (secondary N) is 1. The number of thiazole rings is 1. The zero-order valence-electron chi connectivity index (χ0n) is 9.94. The molecule has 2 N–H and O–H groups in total. The van der Waals surface area contributed by atoms with Gasteiger partial charge in [0, 0.05) is 5.56 Å². The number of ether oxygens (including phenoxy) is 1. The first-order valence-electron chi connectivity index (χ1n) is 5.29. The predicted molar refractivity (Wildman–Crippen MR) is 70.3 cm³/mol. The first kappa shape index (κ1) is 13.2. The Bertz CT molecular complexity index is 587. The zero-order chi connectivity index (χ0) is 13.8. The number of aliphatic hydroxyl groups excluding tert-OH is 1. The number of hydrogen-bond donors (Lipinski definition) is 2. The largest absolute Gasteiger partial charge is 0.496 e. The van der Waals surface area contributed by atoms with E-state index in [-0.39, 0.29) is 10.1 Å². The van der Waals surface area contributed by atoms with Gasteiger partial charge in [0.05, 0.1) is 12.0 Å². The van der Waals surface area contributed by atoms with Crippen molar-refractivity contribution in [3.63, 3.8) is 0 Å². The van der Waals surface area contributed by atoms with Gasteiger partial charge in [-0.2, -0.15) is 0 Å². The average molecular weight is 281 g/mol. The molecule has 0 aliphatic rings. The highest BCUT2D eigenvalue weighted by molar-refractivity contribution is 7.18. The third-order valence-corrected chi connectivity index (χ3v) is 3.25. The molecular formula is C11H11N3O4S. The standard InChI is InChI=1S/C11H11N3O4S/c1-18-8-5-3-2-4-7(8)10(15)13-11-12-6-9(19-11)14(16)17/h2-6,10,15H,1H3,(H,12,13). The van der Waals surface area contributed by atoms with Crippen LogP contribution in [0.3, 0.4) is 0 Å². The molecule has 19 heavy (non-hydrogen) atoms. The molecule has 1 unspecified atom stereocenters. The Kier molecular flexibility index (Phi) is 3.93. The second-order valence-corrected chi connectivity index (χ2v) is 4.56. The summed E-state index contributed by atoms with van der Waals surface area (Å²) in [6.45, 7) is 0. The molecule has 100 valence electrons. The van der Waals surface area contributed by atoms with Gasteiger partial charge < -0.3 is 15.2 Å². The fraction of sp³-hybridized carbons (Fsp3) is 0.182. The molecule has 0 radical (unpaired) electrons. The Labute approximate surface area is 112 Å². The maximum atomic E-state index is 10.5. The van der Waals surface area contributed by atoms with Gasteiger partial charge in [-0.15, -0.1) is 0 Å². The molecular weight excluding hydrogens is 270 g/mol. The summed E-state index contributed by atoms with van der Waals surface area (Å²) in [6.07, 6.45) is 0.0870. The van der Waals surface area contributed by atoms with Crippen LogP contribution in [0.4, 0.5) is 10.1 Å². The van der Waals surface area contributed by atoms with Gasteiger partial charge >= 0.3 is 5.00 Å². The van der Waals surface area contributed by atoms with Crippen molar-refractivity contribution in [1.82, 2.24) is 4.98 Å². The summed E-state index contributed by atoms with van der Waals surface area (Å²) in [5, 5.41) is 23.4. The molecule has 0 saturated heterocycles. The molecule has 0 spiro atoms. The maximum Gasteiger partial charge on any atom is 0.345 e. The summed E-state index contributed by atoms with van der Waals surface area (Å²) < 4.78 is 5.12. The molecule has 0 amide bonds. The van der Waals surface area contributed by atoms with Gasteiger partial charge in [-0.05, 0) is 17.4 Å². The third kappa shape index (κ3) is 2.98. The molecule has 1 atom stereocenters. The Morgan fingerprint density at radius 1 is 1.53 bits per heavy atom. The molecule has 2 aromatic rings. The number of hydrogen-bond acceptors (Lipinski definition) is 7. The summed E-state index contributed by atoms with van der Waals surface area (Å²) in [5.74, 6) is 0.522. The third-order valence-electron chi connectivity index (χ3n) is 2.37. The van der Waals surface area contributed by atoms with Crippen LogP contribution < -0.4 is 10.1 Å². The molecule has 2 rings (SSSR count). The van der Waals surface area contributed by atoms with Crippen molar-refractivity contribution in [2.75, 3.05) is 12.4 Å². The van der Waals surface area contributed by atoms with Crippen LogP contribution >= 0.6 is 11.3 Å². The van der Waals surface area contributed by atoms with Gasteiger partial charge in [0.2, 0.25) is 0 Å². The normalized spacial score (nSPS) is 11.9. The van der Waals surface area contributed by atoms with E-state index in [1.807, 2.05) is 0 Å². The Balaban J connectivity index is 2.15. The highest BCUT2D eigenvalue weighted by Gasteiger charge is 2.16. The van der Waals surface area contributed by atoms with Crippen LogP contribution in [-0.2, 0) is 0 Å². The van der Waals surface area contributed by atoms with Gasteiger partial charge in [-0.25, -0.2) is 4.98 Å². The number of aliphatic hydroxyl groups is 1. The lowest BCUT2D eigenvalue weighted by Crippen LogP contribution is -2.10. The van der Waals surface area contributed by atoms with Crippen molar-refractivity contribution in [2.24, 2.45) is 0 Å². The summed E-state index contributed by atoms with van der Waals surface area (Å²) >= 11 is 0.855. The number of anilines is 1. The lowest BCUT2D eigenvalue weighted by atomic mass is 10.2. The lowest BCUT2D eigenvalue weighted by Gasteiger charge is -2.15. The maximum absolute atomic E-state index is 10.5. The van der Waals surface area contributed by atoms with E-state index in [4.69, 9.17) is 4.74 Å². The van der Waals surface area contributed by atoms with Crippen molar-refractivity contribution >= 4 is 21.5 Å². The van der Waals surface area contributed by atoms with E-state index in [0.717, 1.165) is 17.5 Å². The van der Waals surface area contributed by atoms with Crippen molar-refractivity contribution in [3.8, 4) is 5.75 Å². The Morgan fingerprint density at radius 2 is 2.26 bits per heavy atom. The van der Waals surface area contributed by atoms with Crippen LogP contribution in [0, 0.1) is 10.1 Å². The highest BCUT2D eigenvalue weighted by Crippen LogP contribution is 2.30. The molecule has 1 aromatic carbocycles. The summed E-state index contributed by atoms with van der Waals surface area (Å²) in [6, 6.07) is 6.94. The first-order chi connectivity index (χ1) is 9.11. The van der Waals surface area contributed by atoms with E-state index in [2.05, 4.69) is 10.3 Å². The predicted octanol–water partition coefficient (Wildman–Crippen LogP) is 2.16. The van der Waals surface area contributed by atoms with Gasteiger partial charge in [-0.1, -0.05) is 18.2 Å². The summed E-state index contributed by atoms with van der Waals surface area (Å²) in [7, 11) is 1.50. The Hall–Kier alpha value is -2.19. The lowest BCUT2D eigenvalue weighted by molar-refractivity contribution is -0.380. The fourth-order valence-electron chi connectivity index (χ4n) is 1.50. The minimum Gasteiger partial charge on any atom is -0.496 e. The molecule has 7 nitrogen and oxygen atoms in total. The van der Waals surface area contributed by atoms with Crippen molar-refractivity contribution in [2.45, 2.75) is 6.23 Å². The molecule has 0 aliphatic heterocycles. The molecule has 0 aliphatic carbocycles. The van der Waals surface area contributed by atoms with Crippen LogP contribution in [0.2, 0.25) is 0 Å². The van der Waals surface area contributed by atoms with Crippen LogP contribution in [0.1, 0.15) is 11.8 Å². The van der Waals surface area contributed by atoms with Crippen LogP contribution in [0.5, 0.6) is 5.75 Å². The topological polar surface area (TPSA) is 97.5 Å². The molecule has 1 heterocycles. The van der Waals surface area contributed by atoms with Crippen molar-refractivity contribution in [3.05, 3.63) is 46.1 Å². The van der Waals surface area contributed by atoms with Crippen LogP contribution in [0.15, 0.2) is 30.5 Å². The number of rotatable bonds is 5. The van der Waals surface area contributed by atoms with E-state index in [1.54, 1.807) is 24.3 Å².